The Morgan fingerprint density at radius 2 is 2.07 bits per heavy atom. The minimum atomic E-state index is -4.49. The maximum atomic E-state index is 12.1. The molecule has 1 aliphatic heterocycles. The van der Waals surface area contributed by atoms with E-state index in [4.69, 9.17) is 5.11 Å². The highest BCUT2D eigenvalue weighted by Gasteiger charge is 2.37. The summed E-state index contributed by atoms with van der Waals surface area (Å²) in [6, 6.07) is 0. The molecule has 1 aliphatic rings. The zero-order valence-electron chi connectivity index (χ0n) is 6.82. The van der Waals surface area contributed by atoms with Crippen LogP contribution in [0.2, 0.25) is 0 Å². The normalized spacial score (nSPS) is 18.4. The van der Waals surface area contributed by atoms with Crippen molar-refractivity contribution in [3.05, 3.63) is 5.82 Å². The van der Waals surface area contributed by atoms with Crippen LogP contribution in [0, 0.1) is 0 Å². The summed E-state index contributed by atoms with van der Waals surface area (Å²) in [4.78, 5) is 4.89. The molecule has 0 unspecified atom stereocenters. The number of rotatable bonds is 1. The molecule has 0 atom stereocenters. The van der Waals surface area contributed by atoms with E-state index in [1.165, 1.54) is 0 Å². The molecule has 0 saturated carbocycles. The zero-order valence-corrected chi connectivity index (χ0v) is 7.64. The third kappa shape index (κ3) is 1.67. The van der Waals surface area contributed by atoms with Crippen LogP contribution in [0.5, 0.6) is 0 Å². The van der Waals surface area contributed by atoms with Crippen molar-refractivity contribution in [2.45, 2.75) is 12.3 Å². The van der Waals surface area contributed by atoms with Gasteiger partial charge in [-0.05, 0) is 0 Å². The van der Waals surface area contributed by atoms with Crippen molar-refractivity contribution >= 4 is 16.7 Å². The molecule has 1 fully saturated rings. The minimum Gasteiger partial charge on any atom is -0.389 e. The highest BCUT2D eigenvalue weighted by atomic mass is 32.1. The number of aliphatic hydroxyl groups is 1. The van der Waals surface area contributed by atoms with E-state index in [0.717, 1.165) is 0 Å². The Morgan fingerprint density at radius 1 is 1.43 bits per heavy atom. The lowest BCUT2D eigenvalue weighted by Crippen LogP contribution is -2.50. The number of halogens is 3. The first kappa shape index (κ1) is 9.66. The Hall–Kier alpha value is -0.890. The third-order valence-corrected chi connectivity index (χ3v) is 2.58. The van der Waals surface area contributed by atoms with Crippen molar-refractivity contribution in [3.8, 4) is 0 Å². The molecule has 1 N–H and O–H groups in total. The Labute approximate surface area is 81.2 Å². The van der Waals surface area contributed by atoms with E-state index in [0.29, 0.717) is 24.6 Å². The van der Waals surface area contributed by atoms with E-state index in [1.54, 1.807) is 4.90 Å². The smallest absolute Gasteiger partial charge is 0.389 e. The lowest BCUT2D eigenvalue weighted by Gasteiger charge is -2.35. The van der Waals surface area contributed by atoms with Gasteiger partial charge in [0.15, 0.2) is 0 Å². The van der Waals surface area contributed by atoms with Crippen LogP contribution in [-0.4, -0.2) is 33.7 Å². The molecule has 2 heterocycles. The molecule has 4 nitrogen and oxygen atoms in total. The predicted octanol–water partition coefficient (Wildman–Crippen LogP) is 0.738. The molecule has 78 valence electrons. The van der Waals surface area contributed by atoms with Gasteiger partial charge < -0.3 is 10.0 Å². The minimum absolute atomic E-state index is 0.211. The van der Waals surface area contributed by atoms with E-state index in [9.17, 15) is 13.2 Å². The van der Waals surface area contributed by atoms with Gasteiger partial charge in [0.05, 0.1) is 6.10 Å². The van der Waals surface area contributed by atoms with E-state index < -0.39 is 18.1 Å². The first-order valence-electron chi connectivity index (χ1n) is 3.81. The van der Waals surface area contributed by atoms with Crippen molar-refractivity contribution < 1.29 is 18.3 Å². The van der Waals surface area contributed by atoms with Crippen molar-refractivity contribution in [3.63, 3.8) is 0 Å². The molecule has 0 bridgehead atoms. The molecule has 0 aromatic carbocycles. The fraction of sp³-hybridized carbons (Fsp3) is 0.667. The molecule has 1 saturated heterocycles. The quantitative estimate of drug-likeness (QED) is 0.765. The Morgan fingerprint density at radius 3 is 2.50 bits per heavy atom. The third-order valence-electron chi connectivity index (χ3n) is 1.80. The molecular formula is C6H6F3N3OS. The van der Waals surface area contributed by atoms with Crippen molar-refractivity contribution in [1.82, 2.24) is 9.36 Å². The van der Waals surface area contributed by atoms with Gasteiger partial charge in [-0.25, -0.2) is 0 Å². The molecule has 0 amide bonds. The monoisotopic (exact) mass is 225 g/mol. The predicted molar refractivity (Wildman–Crippen MR) is 43.1 cm³/mol. The summed E-state index contributed by atoms with van der Waals surface area (Å²) in [5, 5.41) is 9.15. The first-order chi connectivity index (χ1) is 6.47. The summed E-state index contributed by atoms with van der Waals surface area (Å²) in [6.45, 7) is 0.652. The Kier molecular flexibility index (Phi) is 2.11. The first-order valence-corrected chi connectivity index (χ1v) is 4.58. The summed E-state index contributed by atoms with van der Waals surface area (Å²) in [7, 11) is 0. The van der Waals surface area contributed by atoms with Gasteiger partial charge in [-0.1, -0.05) is 0 Å². The molecule has 0 aliphatic carbocycles. The average Bonchev–Trinajstić information content (AvgIpc) is 2.45. The molecule has 1 aromatic heterocycles. The molecule has 1 aromatic rings. The largest absolute Gasteiger partial charge is 0.452 e. The number of anilines is 1. The van der Waals surface area contributed by atoms with Crippen molar-refractivity contribution in [1.29, 1.82) is 0 Å². The molecule has 8 heteroatoms. The fourth-order valence-corrected chi connectivity index (χ4v) is 1.77. The second-order valence-corrected chi connectivity index (χ2v) is 3.69. The molecule has 14 heavy (non-hydrogen) atoms. The molecular weight excluding hydrogens is 219 g/mol. The summed E-state index contributed by atoms with van der Waals surface area (Å²) >= 11 is 0.696. The van der Waals surface area contributed by atoms with Gasteiger partial charge in [0.1, 0.15) is 0 Å². The average molecular weight is 225 g/mol. The molecule has 2 rings (SSSR count). The van der Waals surface area contributed by atoms with Crippen LogP contribution in [-0.2, 0) is 6.18 Å². The number of aromatic nitrogens is 2. The number of β-amino-alcohol motifs (C(OH)–C–C–N with tert-alkyl or cyclic N) is 1. The second kappa shape index (κ2) is 3.06. The second-order valence-electron chi connectivity index (χ2n) is 2.96. The van der Waals surface area contributed by atoms with Crippen LogP contribution in [0.15, 0.2) is 0 Å². The van der Waals surface area contributed by atoms with Crippen LogP contribution < -0.4 is 4.90 Å². The van der Waals surface area contributed by atoms with Gasteiger partial charge in [-0.2, -0.15) is 22.5 Å². The molecule has 0 radical (unpaired) electrons. The van der Waals surface area contributed by atoms with Gasteiger partial charge in [-0.15, -0.1) is 0 Å². The highest BCUT2D eigenvalue weighted by molar-refractivity contribution is 7.09. The number of aliphatic hydroxyl groups excluding tert-OH is 1. The standard InChI is InChI=1S/C6H6F3N3OS/c7-6(8,9)4-10-5(14-11-4)12-1-3(13)2-12/h3,13H,1-2H2. The van der Waals surface area contributed by atoms with Crippen LogP contribution in [0.1, 0.15) is 5.82 Å². The number of hydrogen-bond acceptors (Lipinski definition) is 5. The van der Waals surface area contributed by atoms with E-state index in [1.807, 2.05) is 0 Å². The van der Waals surface area contributed by atoms with Crippen molar-refractivity contribution in [2.24, 2.45) is 0 Å². The van der Waals surface area contributed by atoms with Crippen molar-refractivity contribution in [2.75, 3.05) is 18.0 Å². The maximum absolute atomic E-state index is 12.1. The molecule has 0 spiro atoms. The van der Waals surface area contributed by atoms with Crippen LogP contribution >= 0.6 is 11.5 Å². The SMILES string of the molecule is OC1CN(c2nc(C(F)(F)F)ns2)C1. The van der Waals surface area contributed by atoms with Crippen LogP contribution in [0.3, 0.4) is 0 Å². The van der Waals surface area contributed by atoms with Gasteiger partial charge in [-0.3, -0.25) is 0 Å². The van der Waals surface area contributed by atoms with E-state index in [2.05, 4.69) is 9.36 Å². The van der Waals surface area contributed by atoms with Gasteiger partial charge in [0.2, 0.25) is 11.0 Å². The van der Waals surface area contributed by atoms with Crippen LogP contribution in [0.4, 0.5) is 18.3 Å². The van der Waals surface area contributed by atoms with E-state index in [-0.39, 0.29) is 5.13 Å². The fourth-order valence-electron chi connectivity index (χ4n) is 1.07. The summed E-state index contributed by atoms with van der Waals surface area (Å²) in [6.07, 6.45) is -4.95. The van der Waals surface area contributed by atoms with Gasteiger partial charge in [0.25, 0.3) is 0 Å². The lowest BCUT2D eigenvalue weighted by molar-refractivity contribution is -0.144. The Bertz CT molecular complexity index is 333. The van der Waals surface area contributed by atoms with Crippen LogP contribution in [0.25, 0.3) is 0 Å². The van der Waals surface area contributed by atoms with Gasteiger partial charge in [0, 0.05) is 24.6 Å². The maximum Gasteiger partial charge on any atom is 0.452 e. The summed E-state index contributed by atoms with van der Waals surface area (Å²) < 4.78 is 39.4. The van der Waals surface area contributed by atoms with Gasteiger partial charge >= 0.3 is 6.18 Å². The number of alkyl halides is 3. The topological polar surface area (TPSA) is 49.2 Å². The number of nitrogens with zero attached hydrogens (tertiary/aromatic N) is 3. The highest BCUT2D eigenvalue weighted by Crippen LogP contribution is 2.31. The lowest BCUT2D eigenvalue weighted by atomic mass is 10.2. The summed E-state index contributed by atoms with van der Waals surface area (Å²) in [5.74, 6) is -1.11. The van der Waals surface area contributed by atoms with E-state index >= 15 is 0 Å². The summed E-state index contributed by atoms with van der Waals surface area (Å²) in [5.41, 5.74) is 0. The number of hydrogen-bond donors (Lipinski definition) is 1. The zero-order chi connectivity index (χ0) is 10.3. The Balaban J connectivity index is 2.11.